The minimum atomic E-state index is -4.34. The summed E-state index contributed by atoms with van der Waals surface area (Å²) in [5.41, 5.74) is 0.576. The molecule has 0 aromatic heterocycles. The Morgan fingerprint density at radius 1 is 0.969 bits per heavy atom. The van der Waals surface area contributed by atoms with Gasteiger partial charge in [-0.2, -0.15) is 13.2 Å². The number of nitrogens with one attached hydrogen (secondary N) is 1. The molecule has 6 nitrogen and oxygen atoms in total. The maximum atomic E-state index is 12.7. The number of alkyl halides is 3. The molecular weight excluding hydrogens is 423 g/mol. The molecule has 0 radical (unpaired) electrons. The normalized spacial score (nSPS) is 14.8. The van der Waals surface area contributed by atoms with E-state index in [1.807, 2.05) is 6.92 Å². The van der Waals surface area contributed by atoms with Gasteiger partial charge in [-0.25, -0.2) is 0 Å². The largest absolute Gasteiger partial charge is 0.494 e. The van der Waals surface area contributed by atoms with E-state index >= 15 is 0 Å². The van der Waals surface area contributed by atoms with Crippen LogP contribution in [0.4, 0.5) is 13.2 Å². The molecule has 2 aromatic rings. The molecule has 1 saturated heterocycles. The van der Waals surface area contributed by atoms with Gasteiger partial charge in [0.05, 0.1) is 18.7 Å². The molecule has 32 heavy (non-hydrogen) atoms. The first kappa shape index (κ1) is 23.6. The third-order valence-corrected chi connectivity index (χ3v) is 5.24. The molecule has 2 amide bonds. The zero-order chi connectivity index (χ0) is 23.1. The molecule has 1 heterocycles. The van der Waals surface area contributed by atoms with Crippen LogP contribution in [0.3, 0.4) is 0 Å². The van der Waals surface area contributed by atoms with Gasteiger partial charge in [0, 0.05) is 38.3 Å². The highest BCUT2D eigenvalue weighted by Crippen LogP contribution is 2.29. The molecule has 1 aliphatic rings. The van der Waals surface area contributed by atoms with E-state index < -0.39 is 11.7 Å². The zero-order valence-corrected chi connectivity index (χ0v) is 17.8. The molecule has 1 fully saturated rings. The van der Waals surface area contributed by atoms with Crippen LogP contribution >= 0.6 is 0 Å². The highest BCUT2D eigenvalue weighted by atomic mass is 19.4. The molecule has 0 unspecified atom stereocenters. The van der Waals surface area contributed by atoms with Gasteiger partial charge in [0.2, 0.25) is 5.91 Å². The molecule has 0 spiro atoms. The standard InChI is InChI=1S/C23H26F3N3O3/c1-2-32-20-9-5-18(6-10-20)22(31)27-15-21(30)29-13-11-28(12-14-29)16-17-3-7-19(8-4-17)23(24,25)26/h3-10H,2,11-16H2,1H3,(H,27,31). The predicted molar refractivity (Wildman–Crippen MR) is 113 cm³/mol. The molecule has 9 heteroatoms. The van der Waals surface area contributed by atoms with Gasteiger partial charge in [-0.3, -0.25) is 14.5 Å². The van der Waals surface area contributed by atoms with E-state index in [9.17, 15) is 22.8 Å². The number of hydrogen-bond acceptors (Lipinski definition) is 4. The van der Waals surface area contributed by atoms with Crippen LogP contribution in [0.5, 0.6) is 5.75 Å². The number of benzene rings is 2. The molecular formula is C23H26F3N3O3. The van der Waals surface area contributed by atoms with E-state index in [1.54, 1.807) is 29.2 Å². The Kier molecular flexibility index (Phi) is 7.74. The van der Waals surface area contributed by atoms with Crippen molar-refractivity contribution in [3.8, 4) is 5.75 Å². The maximum absolute atomic E-state index is 12.7. The Bertz CT molecular complexity index is 907. The fourth-order valence-corrected chi connectivity index (χ4v) is 3.45. The third-order valence-electron chi connectivity index (χ3n) is 5.24. The Hall–Kier alpha value is -3.07. The summed E-state index contributed by atoms with van der Waals surface area (Å²) in [5, 5.41) is 2.64. The van der Waals surface area contributed by atoms with Crippen molar-refractivity contribution in [1.82, 2.24) is 15.1 Å². The lowest BCUT2D eigenvalue weighted by molar-refractivity contribution is -0.137. The van der Waals surface area contributed by atoms with Crippen LogP contribution in [-0.4, -0.2) is 60.9 Å². The van der Waals surface area contributed by atoms with Crippen LogP contribution in [0.25, 0.3) is 0 Å². The summed E-state index contributed by atoms with van der Waals surface area (Å²) in [6.45, 7) is 5.06. The first-order chi connectivity index (χ1) is 15.3. The maximum Gasteiger partial charge on any atom is 0.416 e. The fourth-order valence-electron chi connectivity index (χ4n) is 3.45. The average molecular weight is 449 g/mol. The topological polar surface area (TPSA) is 61.9 Å². The van der Waals surface area contributed by atoms with Gasteiger partial charge in [0.15, 0.2) is 0 Å². The smallest absolute Gasteiger partial charge is 0.416 e. The zero-order valence-electron chi connectivity index (χ0n) is 17.8. The van der Waals surface area contributed by atoms with E-state index in [1.165, 1.54) is 12.1 Å². The van der Waals surface area contributed by atoms with Gasteiger partial charge in [-0.15, -0.1) is 0 Å². The van der Waals surface area contributed by atoms with Crippen molar-refractivity contribution in [3.63, 3.8) is 0 Å². The summed E-state index contributed by atoms with van der Waals surface area (Å²) in [7, 11) is 0. The van der Waals surface area contributed by atoms with Crippen molar-refractivity contribution in [2.24, 2.45) is 0 Å². The van der Waals surface area contributed by atoms with E-state index in [4.69, 9.17) is 4.74 Å². The quantitative estimate of drug-likeness (QED) is 0.706. The second-order valence-electron chi connectivity index (χ2n) is 7.49. The number of rotatable bonds is 7. The van der Waals surface area contributed by atoms with Crippen molar-refractivity contribution in [1.29, 1.82) is 0 Å². The molecule has 3 rings (SSSR count). The summed E-state index contributed by atoms with van der Waals surface area (Å²) < 4.78 is 43.4. The average Bonchev–Trinajstić information content (AvgIpc) is 2.78. The molecule has 172 valence electrons. The highest BCUT2D eigenvalue weighted by Gasteiger charge is 2.30. The lowest BCUT2D eigenvalue weighted by Crippen LogP contribution is -2.50. The van der Waals surface area contributed by atoms with Crippen LogP contribution in [-0.2, 0) is 17.5 Å². The lowest BCUT2D eigenvalue weighted by Gasteiger charge is -2.34. The number of ether oxygens (including phenoxy) is 1. The Balaban J connectivity index is 1.41. The van der Waals surface area contributed by atoms with Gasteiger partial charge < -0.3 is 15.0 Å². The van der Waals surface area contributed by atoms with Crippen LogP contribution in [0.1, 0.15) is 28.4 Å². The molecule has 1 N–H and O–H groups in total. The summed E-state index contributed by atoms with van der Waals surface area (Å²) in [5.74, 6) is 0.176. The number of amides is 2. The van der Waals surface area contributed by atoms with E-state index in [2.05, 4.69) is 10.2 Å². The van der Waals surface area contributed by atoms with Crippen LogP contribution in [0.15, 0.2) is 48.5 Å². The van der Waals surface area contributed by atoms with E-state index in [0.29, 0.717) is 50.6 Å². The lowest BCUT2D eigenvalue weighted by atomic mass is 10.1. The van der Waals surface area contributed by atoms with Crippen molar-refractivity contribution in [3.05, 3.63) is 65.2 Å². The molecule has 0 saturated carbocycles. The molecule has 0 bridgehead atoms. The second kappa shape index (κ2) is 10.5. The summed E-state index contributed by atoms with van der Waals surface area (Å²) in [6, 6.07) is 11.8. The van der Waals surface area contributed by atoms with Crippen molar-refractivity contribution < 1.29 is 27.5 Å². The minimum absolute atomic E-state index is 0.0923. The number of piperazine rings is 1. The van der Waals surface area contributed by atoms with E-state index in [-0.39, 0.29) is 18.4 Å². The number of carbonyl (C=O) groups excluding carboxylic acids is 2. The molecule has 1 aliphatic heterocycles. The molecule has 0 atom stereocenters. The Morgan fingerprint density at radius 3 is 2.16 bits per heavy atom. The van der Waals surface area contributed by atoms with Crippen LogP contribution < -0.4 is 10.1 Å². The second-order valence-corrected chi connectivity index (χ2v) is 7.49. The van der Waals surface area contributed by atoms with E-state index in [0.717, 1.165) is 17.7 Å². The predicted octanol–water partition coefficient (Wildman–Crippen LogP) is 3.18. The number of hydrogen-bond donors (Lipinski definition) is 1. The first-order valence-electron chi connectivity index (χ1n) is 10.4. The van der Waals surface area contributed by atoms with Gasteiger partial charge in [0.25, 0.3) is 5.91 Å². The Morgan fingerprint density at radius 2 is 1.59 bits per heavy atom. The first-order valence-corrected chi connectivity index (χ1v) is 10.4. The summed E-state index contributed by atoms with van der Waals surface area (Å²) in [6.07, 6.45) is -4.34. The monoisotopic (exact) mass is 449 g/mol. The van der Waals surface area contributed by atoms with Gasteiger partial charge in [-0.05, 0) is 48.9 Å². The highest BCUT2D eigenvalue weighted by molar-refractivity contribution is 5.96. The minimum Gasteiger partial charge on any atom is -0.494 e. The molecule has 2 aromatic carbocycles. The summed E-state index contributed by atoms with van der Waals surface area (Å²) >= 11 is 0. The SMILES string of the molecule is CCOc1ccc(C(=O)NCC(=O)N2CCN(Cc3ccc(C(F)(F)F)cc3)CC2)cc1. The van der Waals surface area contributed by atoms with Gasteiger partial charge in [-0.1, -0.05) is 12.1 Å². The molecule has 0 aliphatic carbocycles. The summed E-state index contributed by atoms with van der Waals surface area (Å²) in [4.78, 5) is 28.4. The third kappa shape index (κ3) is 6.46. The van der Waals surface area contributed by atoms with Crippen molar-refractivity contribution in [2.75, 3.05) is 39.3 Å². The van der Waals surface area contributed by atoms with Crippen LogP contribution in [0.2, 0.25) is 0 Å². The number of carbonyl (C=O) groups is 2. The van der Waals surface area contributed by atoms with Crippen molar-refractivity contribution >= 4 is 11.8 Å². The van der Waals surface area contributed by atoms with Gasteiger partial charge >= 0.3 is 6.18 Å². The number of nitrogens with zero attached hydrogens (tertiary/aromatic N) is 2. The Labute approximate surface area is 184 Å². The van der Waals surface area contributed by atoms with Crippen LogP contribution in [0, 0.1) is 0 Å². The fraction of sp³-hybridized carbons (Fsp3) is 0.391. The van der Waals surface area contributed by atoms with Gasteiger partial charge in [0.1, 0.15) is 5.75 Å². The van der Waals surface area contributed by atoms with Crippen molar-refractivity contribution in [2.45, 2.75) is 19.6 Å². The number of halogens is 3.